The molecule has 2 unspecified atom stereocenters. The van der Waals surface area contributed by atoms with Gasteiger partial charge in [-0.05, 0) is 50.2 Å². The molecule has 1 saturated heterocycles. The number of aryl methyl sites for hydroxylation is 2. The number of oxazole rings is 1. The van der Waals surface area contributed by atoms with Crippen molar-refractivity contribution in [3.05, 3.63) is 53.2 Å². The molecule has 29 heavy (non-hydrogen) atoms. The van der Waals surface area contributed by atoms with Crippen LogP contribution in [0.5, 0.6) is 0 Å². The number of rotatable bonds is 6. The minimum Gasteiger partial charge on any atom is -0.448 e. The first kappa shape index (κ1) is 20.2. The first-order valence-electron chi connectivity index (χ1n) is 10.1. The van der Waals surface area contributed by atoms with Crippen LogP contribution in [-0.4, -0.2) is 27.5 Å². The van der Waals surface area contributed by atoms with Gasteiger partial charge in [-0.25, -0.2) is 4.98 Å². The van der Waals surface area contributed by atoms with E-state index in [0.717, 1.165) is 66.4 Å². The zero-order valence-electron chi connectivity index (χ0n) is 16.7. The summed E-state index contributed by atoms with van der Waals surface area (Å²) in [4.78, 5) is 27.8. The van der Waals surface area contributed by atoms with E-state index in [1.54, 1.807) is 0 Å². The molecule has 154 valence electrons. The molecule has 1 aliphatic heterocycles. The summed E-state index contributed by atoms with van der Waals surface area (Å²) in [6.45, 7) is 3.99. The summed E-state index contributed by atoms with van der Waals surface area (Å²) < 4.78 is 12.1. The molecule has 1 aromatic heterocycles. The Labute approximate surface area is 174 Å². The lowest BCUT2D eigenvalue weighted by atomic mass is 9.84. The SMILES string of the molecule is Cc1ccccc1C(O[C@H]1CCC[C@@H](CC2SC(=O)NC2=O)C1)c1ncoc1C. The molecule has 1 N–H and O–H groups in total. The second kappa shape index (κ2) is 8.71. The van der Waals surface area contributed by atoms with E-state index in [1.807, 2.05) is 19.1 Å². The molecule has 2 aromatic rings. The van der Waals surface area contributed by atoms with Gasteiger partial charge in [-0.15, -0.1) is 0 Å². The van der Waals surface area contributed by atoms with Crippen molar-refractivity contribution in [2.75, 3.05) is 0 Å². The van der Waals surface area contributed by atoms with Gasteiger partial charge in [0.15, 0.2) is 6.39 Å². The number of thioether (sulfide) groups is 1. The van der Waals surface area contributed by atoms with Gasteiger partial charge in [0.25, 0.3) is 5.24 Å². The number of aromatic nitrogens is 1. The summed E-state index contributed by atoms with van der Waals surface area (Å²) in [6, 6.07) is 8.20. The predicted octanol–water partition coefficient (Wildman–Crippen LogP) is 4.70. The van der Waals surface area contributed by atoms with E-state index >= 15 is 0 Å². The third kappa shape index (κ3) is 4.56. The van der Waals surface area contributed by atoms with Crippen LogP contribution in [0.25, 0.3) is 0 Å². The maximum Gasteiger partial charge on any atom is 0.286 e. The summed E-state index contributed by atoms with van der Waals surface area (Å²) in [6.07, 6.45) is 5.99. The number of carbonyl (C=O) groups is 2. The number of hydrogen-bond donors (Lipinski definition) is 1. The van der Waals surface area contributed by atoms with Crippen LogP contribution in [0.1, 0.15) is 60.8 Å². The molecule has 2 heterocycles. The largest absolute Gasteiger partial charge is 0.448 e. The molecule has 6 nitrogen and oxygen atoms in total. The number of imide groups is 1. The van der Waals surface area contributed by atoms with Crippen LogP contribution in [0.2, 0.25) is 0 Å². The molecule has 1 aliphatic carbocycles. The zero-order chi connectivity index (χ0) is 20.4. The van der Waals surface area contributed by atoms with E-state index < -0.39 is 0 Å². The Hall–Kier alpha value is -2.12. The Bertz CT molecular complexity index is 896. The second-order valence-electron chi connectivity index (χ2n) is 7.94. The van der Waals surface area contributed by atoms with Crippen LogP contribution in [0, 0.1) is 19.8 Å². The molecular formula is C22H26N2O4S. The van der Waals surface area contributed by atoms with Gasteiger partial charge < -0.3 is 9.15 Å². The predicted molar refractivity (Wildman–Crippen MR) is 111 cm³/mol. The summed E-state index contributed by atoms with van der Waals surface area (Å²) in [5.74, 6) is 0.987. The lowest BCUT2D eigenvalue weighted by molar-refractivity contribution is -0.119. The normalized spacial score (nSPS) is 25.8. The fourth-order valence-electron chi connectivity index (χ4n) is 4.35. The van der Waals surface area contributed by atoms with Crippen molar-refractivity contribution in [3.63, 3.8) is 0 Å². The average Bonchev–Trinajstić information content (AvgIpc) is 3.25. The summed E-state index contributed by atoms with van der Waals surface area (Å²) in [5.41, 5.74) is 3.07. The van der Waals surface area contributed by atoms with Crippen molar-refractivity contribution in [3.8, 4) is 0 Å². The van der Waals surface area contributed by atoms with Crippen molar-refractivity contribution in [2.24, 2.45) is 5.92 Å². The monoisotopic (exact) mass is 414 g/mol. The quantitative estimate of drug-likeness (QED) is 0.738. The van der Waals surface area contributed by atoms with Crippen LogP contribution < -0.4 is 5.32 Å². The van der Waals surface area contributed by atoms with E-state index in [9.17, 15) is 9.59 Å². The van der Waals surface area contributed by atoms with Gasteiger partial charge in [-0.1, -0.05) is 48.9 Å². The first-order valence-corrected chi connectivity index (χ1v) is 11.0. The van der Waals surface area contributed by atoms with Gasteiger partial charge in [0.1, 0.15) is 17.6 Å². The number of ether oxygens (including phenoxy) is 1. The zero-order valence-corrected chi connectivity index (χ0v) is 17.5. The molecule has 0 spiro atoms. The smallest absolute Gasteiger partial charge is 0.286 e. The average molecular weight is 415 g/mol. The Morgan fingerprint density at radius 1 is 1.28 bits per heavy atom. The van der Waals surface area contributed by atoms with Crippen molar-refractivity contribution < 1.29 is 18.7 Å². The van der Waals surface area contributed by atoms with E-state index in [1.165, 1.54) is 6.39 Å². The highest BCUT2D eigenvalue weighted by atomic mass is 32.2. The molecule has 0 bridgehead atoms. The van der Waals surface area contributed by atoms with E-state index in [2.05, 4.69) is 29.4 Å². The second-order valence-corrected chi connectivity index (χ2v) is 9.12. The van der Waals surface area contributed by atoms with Gasteiger partial charge in [-0.2, -0.15) is 0 Å². The van der Waals surface area contributed by atoms with Gasteiger partial charge in [0.05, 0.1) is 11.4 Å². The highest BCUT2D eigenvalue weighted by molar-refractivity contribution is 8.15. The van der Waals surface area contributed by atoms with E-state index in [-0.39, 0.29) is 28.6 Å². The molecule has 2 aliphatic rings. The number of benzene rings is 1. The van der Waals surface area contributed by atoms with Crippen molar-refractivity contribution in [1.29, 1.82) is 0 Å². The molecule has 4 rings (SSSR count). The third-order valence-corrected chi connectivity index (χ3v) is 6.89. The van der Waals surface area contributed by atoms with Crippen LogP contribution in [0.15, 0.2) is 35.1 Å². The number of nitrogens with one attached hydrogen (secondary N) is 1. The van der Waals surface area contributed by atoms with E-state index in [0.29, 0.717) is 5.92 Å². The number of nitrogens with zero attached hydrogens (tertiary/aromatic N) is 1. The van der Waals surface area contributed by atoms with Crippen molar-refractivity contribution >= 4 is 22.9 Å². The maximum atomic E-state index is 11.9. The molecule has 2 fully saturated rings. The molecule has 7 heteroatoms. The number of carbonyl (C=O) groups excluding carboxylic acids is 2. The Morgan fingerprint density at radius 3 is 2.79 bits per heavy atom. The van der Waals surface area contributed by atoms with Gasteiger partial charge in [0.2, 0.25) is 5.91 Å². The van der Waals surface area contributed by atoms with Crippen molar-refractivity contribution in [1.82, 2.24) is 10.3 Å². The van der Waals surface area contributed by atoms with Crippen LogP contribution >= 0.6 is 11.8 Å². The molecule has 1 aromatic carbocycles. The third-order valence-electron chi connectivity index (χ3n) is 5.88. The topological polar surface area (TPSA) is 81.4 Å². The molecule has 4 atom stereocenters. The lowest BCUT2D eigenvalue weighted by Crippen LogP contribution is -2.30. The van der Waals surface area contributed by atoms with Gasteiger partial charge in [0, 0.05) is 0 Å². The summed E-state index contributed by atoms with van der Waals surface area (Å²) in [7, 11) is 0. The molecule has 0 radical (unpaired) electrons. The minimum atomic E-state index is -0.274. The van der Waals surface area contributed by atoms with Gasteiger partial charge >= 0.3 is 0 Å². The standard InChI is InChI=1S/C22H26N2O4S/c1-13-6-3-4-9-17(13)20(19-14(2)27-12-23-19)28-16-8-5-7-15(10-16)11-18-21(25)24-22(26)29-18/h3-4,6,9,12,15-16,18,20H,5,7-8,10-11H2,1-2H3,(H,24,25,26)/t15-,16+,18?,20?/m1/s1. The van der Waals surface area contributed by atoms with Gasteiger partial charge in [-0.3, -0.25) is 14.9 Å². The highest BCUT2D eigenvalue weighted by Gasteiger charge is 2.36. The summed E-state index contributed by atoms with van der Waals surface area (Å²) in [5, 5.41) is 1.89. The van der Waals surface area contributed by atoms with Crippen molar-refractivity contribution in [2.45, 2.75) is 63.4 Å². The van der Waals surface area contributed by atoms with Crippen LogP contribution in [0.3, 0.4) is 0 Å². The molecule has 1 saturated carbocycles. The molecular weight excluding hydrogens is 388 g/mol. The van der Waals surface area contributed by atoms with Crippen LogP contribution in [-0.2, 0) is 9.53 Å². The Morgan fingerprint density at radius 2 is 2.10 bits per heavy atom. The lowest BCUT2D eigenvalue weighted by Gasteiger charge is -2.33. The van der Waals surface area contributed by atoms with E-state index in [4.69, 9.17) is 9.15 Å². The van der Waals surface area contributed by atoms with Crippen LogP contribution in [0.4, 0.5) is 4.79 Å². The highest BCUT2D eigenvalue weighted by Crippen LogP contribution is 2.38. The molecule has 2 amide bonds. The first-order chi connectivity index (χ1) is 14.0. The fraction of sp³-hybridized carbons (Fsp3) is 0.500. The number of hydrogen-bond acceptors (Lipinski definition) is 6. The number of amides is 2. The Kier molecular flexibility index (Phi) is 6.06. The minimum absolute atomic E-state index is 0.0830. The maximum absolute atomic E-state index is 11.9. The Balaban J connectivity index is 1.49. The fourth-order valence-corrected chi connectivity index (χ4v) is 5.31. The summed E-state index contributed by atoms with van der Waals surface area (Å²) >= 11 is 1.12.